The number of pyridine rings is 1. The molecule has 3 heteroatoms. The minimum Gasteiger partial charge on any atom is -0.496 e. The number of hydrogen-bond acceptors (Lipinski definition) is 3. The lowest BCUT2D eigenvalue weighted by molar-refractivity contribution is 0.413. The topological polar surface area (TPSA) is 45.9 Å². The number of nitriles is 1. The Bertz CT molecular complexity index is 339. The van der Waals surface area contributed by atoms with Gasteiger partial charge >= 0.3 is 0 Å². The molecular formula is C9H8N2O. The Labute approximate surface area is 70.9 Å². The first-order valence-corrected chi connectivity index (χ1v) is 3.38. The maximum Gasteiger partial charge on any atom is 0.144 e. The zero-order valence-corrected chi connectivity index (χ0v) is 6.74. The number of nitrogens with zero attached hydrogens (tertiary/aromatic N) is 2. The molecule has 0 unspecified atom stereocenters. The number of ether oxygens (including phenoxy) is 1. The third kappa shape index (κ3) is 1.43. The van der Waals surface area contributed by atoms with Gasteiger partial charge in [0.15, 0.2) is 0 Å². The average Bonchev–Trinajstić information content (AvgIpc) is 2.16. The molecule has 0 aliphatic heterocycles. The molecule has 0 N–H and O–H groups in total. The Hall–Kier alpha value is -1.82. The summed E-state index contributed by atoms with van der Waals surface area (Å²) in [5.74, 6) is 0.622. The van der Waals surface area contributed by atoms with Crippen molar-refractivity contribution in [1.29, 1.82) is 5.26 Å². The summed E-state index contributed by atoms with van der Waals surface area (Å²) in [6, 6.07) is 3.51. The van der Waals surface area contributed by atoms with E-state index < -0.39 is 0 Å². The van der Waals surface area contributed by atoms with Crippen LogP contribution in [0.3, 0.4) is 0 Å². The summed E-state index contributed by atoms with van der Waals surface area (Å²) in [5, 5.41) is 8.53. The lowest BCUT2D eigenvalue weighted by atomic mass is 10.2. The molecule has 1 rings (SSSR count). The standard InChI is InChI=1S/C9H8N2O/c1-3-7-6-11-8(5-10)4-9(7)12-2/h3-4,6H,1H2,2H3. The van der Waals surface area contributed by atoms with Gasteiger partial charge in [0, 0.05) is 17.8 Å². The highest BCUT2D eigenvalue weighted by atomic mass is 16.5. The molecule has 12 heavy (non-hydrogen) atoms. The quantitative estimate of drug-likeness (QED) is 0.660. The molecule has 0 amide bonds. The van der Waals surface area contributed by atoms with Gasteiger partial charge < -0.3 is 4.74 Å². The van der Waals surface area contributed by atoms with Gasteiger partial charge in [-0.15, -0.1) is 0 Å². The Balaban J connectivity index is 3.21. The van der Waals surface area contributed by atoms with Crippen molar-refractivity contribution < 1.29 is 4.74 Å². The van der Waals surface area contributed by atoms with Gasteiger partial charge in [0.1, 0.15) is 17.5 Å². The first-order valence-electron chi connectivity index (χ1n) is 3.38. The van der Waals surface area contributed by atoms with E-state index in [2.05, 4.69) is 11.6 Å². The van der Waals surface area contributed by atoms with Crippen LogP contribution in [0.5, 0.6) is 5.75 Å². The number of hydrogen-bond donors (Lipinski definition) is 0. The largest absolute Gasteiger partial charge is 0.496 e. The molecule has 0 spiro atoms. The predicted molar refractivity (Wildman–Crippen MR) is 45.6 cm³/mol. The first-order chi connectivity index (χ1) is 5.81. The Kier molecular flexibility index (Phi) is 2.44. The van der Waals surface area contributed by atoms with Crippen molar-refractivity contribution >= 4 is 6.08 Å². The summed E-state index contributed by atoms with van der Waals surface area (Å²) in [4.78, 5) is 3.86. The summed E-state index contributed by atoms with van der Waals surface area (Å²) in [5.41, 5.74) is 1.13. The Morgan fingerprint density at radius 3 is 3.00 bits per heavy atom. The summed E-state index contributed by atoms with van der Waals surface area (Å²) in [6.45, 7) is 3.59. The van der Waals surface area contributed by atoms with Crippen LogP contribution >= 0.6 is 0 Å². The third-order valence-electron chi connectivity index (χ3n) is 1.45. The molecule has 3 nitrogen and oxygen atoms in total. The van der Waals surface area contributed by atoms with E-state index in [0.29, 0.717) is 11.4 Å². The number of methoxy groups -OCH3 is 1. The molecule has 0 saturated heterocycles. The van der Waals surface area contributed by atoms with Crippen molar-refractivity contribution in [2.45, 2.75) is 0 Å². The minimum absolute atomic E-state index is 0.345. The fourth-order valence-corrected chi connectivity index (χ4v) is 0.839. The predicted octanol–water partition coefficient (Wildman–Crippen LogP) is 1.60. The molecule has 1 heterocycles. The van der Waals surface area contributed by atoms with Gasteiger partial charge in [-0.3, -0.25) is 0 Å². The van der Waals surface area contributed by atoms with E-state index in [-0.39, 0.29) is 0 Å². The van der Waals surface area contributed by atoms with Gasteiger partial charge in [0.2, 0.25) is 0 Å². The van der Waals surface area contributed by atoms with Crippen molar-refractivity contribution in [1.82, 2.24) is 4.98 Å². The molecule has 1 aromatic rings. The second-order valence-corrected chi connectivity index (χ2v) is 2.13. The van der Waals surface area contributed by atoms with E-state index in [1.165, 1.54) is 0 Å². The van der Waals surface area contributed by atoms with Crippen LogP contribution in [0, 0.1) is 11.3 Å². The van der Waals surface area contributed by atoms with E-state index in [4.69, 9.17) is 10.00 Å². The van der Waals surface area contributed by atoms with Crippen LogP contribution in [-0.2, 0) is 0 Å². The summed E-state index contributed by atoms with van der Waals surface area (Å²) < 4.78 is 5.02. The van der Waals surface area contributed by atoms with Gasteiger partial charge in [-0.05, 0) is 0 Å². The number of rotatable bonds is 2. The molecular weight excluding hydrogens is 152 g/mol. The van der Waals surface area contributed by atoms with E-state index >= 15 is 0 Å². The molecule has 0 fully saturated rings. The summed E-state index contributed by atoms with van der Waals surface area (Å²) in [6.07, 6.45) is 3.19. The van der Waals surface area contributed by atoms with Crippen LogP contribution in [0.4, 0.5) is 0 Å². The van der Waals surface area contributed by atoms with Crippen molar-refractivity contribution in [3.05, 3.63) is 30.1 Å². The maximum atomic E-state index is 8.53. The maximum absolute atomic E-state index is 8.53. The van der Waals surface area contributed by atoms with Crippen LogP contribution in [0.1, 0.15) is 11.3 Å². The van der Waals surface area contributed by atoms with Crippen molar-refractivity contribution in [2.24, 2.45) is 0 Å². The zero-order chi connectivity index (χ0) is 8.97. The van der Waals surface area contributed by atoms with Crippen LogP contribution in [-0.4, -0.2) is 12.1 Å². The summed E-state index contributed by atoms with van der Waals surface area (Å²) in [7, 11) is 1.55. The minimum atomic E-state index is 0.345. The van der Waals surface area contributed by atoms with Crippen molar-refractivity contribution in [3.8, 4) is 11.8 Å². The second kappa shape index (κ2) is 3.54. The van der Waals surface area contributed by atoms with E-state index in [0.717, 1.165) is 5.56 Å². The number of aromatic nitrogens is 1. The SMILES string of the molecule is C=Cc1cnc(C#N)cc1OC. The lowest BCUT2D eigenvalue weighted by Gasteiger charge is -2.02. The fourth-order valence-electron chi connectivity index (χ4n) is 0.839. The van der Waals surface area contributed by atoms with Crippen LogP contribution in [0.25, 0.3) is 6.08 Å². The molecule has 0 saturated carbocycles. The lowest BCUT2D eigenvalue weighted by Crippen LogP contribution is -1.90. The normalized spacial score (nSPS) is 8.67. The van der Waals surface area contributed by atoms with Crippen LogP contribution in [0.2, 0.25) is 0 Å². The zero-order valence-electron chi connectivity index (χ0n) is 6.74. The Morgan fingerprint density at radius 1 is 1.75 bits per heavy atom. The highest BCUT2D eigenvalue weighted by molar-refractivity contribution is 5.55. The van der Waals surface area contributed by atoms with Gasteiger partial charge in [0.25, 0.3) is 0 Å². The molecule has 0 atom stereocenters. The third-order valence-corrected chi connectivity index (χ3v) is 1.45. The van der Waals surface area contributed by atoms with Crippen LogP contribution in [0.15, 0.2) is 18.8 Å². The monoisotopic (exact) mass is 160 g/mol. The van der Waals surface area contributed by atoms with E-state index in [1.54, 1.807) is 25.4 Å². The highest BCUT2D eigenvalue weighted by Gasteiger charge is 2.00. The molecule has 0 aliphatic rings. The molecule has 0 bridgehead atoms. The highest BCUT2D eigenvalue weighted by Crippen LogP contribution is 2.18. The van der Waals surface area contributed by atoms with Crippen molar-refractivity contribution in [2.75, 3.05) is 7.11 Å². The van der Waals surface area contributed by atoms with Gasteiger partial charge in [-0.2, -0.15) is 5.26 Å². The van der Waals surface area contributed by atoms with Crippen LogP contribution < -0.4 is 4.74 Å². The molecule has 0 aromatic carbocycles. The van der Waals surface area contributed by atoms with E-state index in [1.807, 2.05) is 6.07 Å². The average molecular weight is 160 g/mol. The van der Waals surface area contributed by atoms with E-state index in [9.17, 15) is 0 Å². The molecule has 0 radical (unpaired) electrons. The second-order valence-electron chi connectivity index (χ2n) is 2.13. The van der Waals surface area contributed by atoms with Gasteiger partial charge in [-0.25, -0.2) is 4.98 Å². The van der Waals surface area contributed by atoms with Gasteiger partial charge in [-0.1, -0.05) is 12.7 Å². The molecule has 60 valence electrons. The molecule has 0 aliphatic carbocycles. The smallest absolute Gasteiger partial charge is 0.144 e. The molecule has 1 aromatic heterocycles. The first kappa shape index (κ1) is 8.28. The fraction of sp³-hybridized carbons (Fsp3) is 0.111. The Morgan fingerprint density at radius 2 is 2.50 bits per heavy atom. The summed E-state index contributed by atoms with van der Waals surface area (Å²) >= 11 is 0. The van der Waals surface area contributed by atoms with Crippen molar-refractivity contribution in [3.63, 3.8) is 0 Å². The van der Waals surface area contributed by atoms with Gasteiger partial charge in [0.05, 0.1) is 7.11 Å².